The molecule has 7 nitrogen and oxygen atoms in total. The first-order valence-corrected chi connectivity index (χ1v) is 12.6. The van der Waals surface area contributed by atoms with Crippen LogP contribution < -0.4 is 9.62 Å². The molecule has 0 aliphatic heterocycles. The smallest absolute Gasteiger partial charge is 0.244 e. The van der Waals surface area contributed by atoms with Crippen molar-refractivity contribution in [1.29, 1.82) is 0 Å². The molecule has 0 saturated carbocycles. The number of carbonyl (C=O) groups excluding carboxylic acids is 2. The van der Waals surface area contributed by atoms with Gasteiger partial charge < -0.3 is 10.2 Å². The predicted octanol–water partition coefficient (Wildman–Crippen LogP) is 3.44. The van der Waals surface area contributed by atoms with Crippen molar-refractivity contribution < 1.29 is 18.0 Å². The van der Waals surface area contributed by atoms with E-state index in [1.807, 2.05) is 13.8 Å². The Morgan fingerprint density at radius 2 is 1.62 bits per heavy atom. The van der Waals surface area contributed by atoms with E-state index >= 15 is 0 Å². The number of hydrogen-bond donors (Lipinski definition) is 1. The third kappa shape index (κ3) is 6.97. The van der Waals surface area contributed by atoms with Crippen LogP contribution in [0.4, 0.5) is 5.69 Å². The second-order valence-corrected chi connectivity index (χ2v) is 10.0. The van der Waals surface area contributed by atoms with Crippen molar-refractivity contribution in [2.24, 2.45) is 0 Å². The minimum Gasteiger partial charge on any atom is -0.352 e. The van der Waals surface area contributed by atoms with E-state index < -0.39 is 28.5 Å². The van der Waals surface area contributed by atoms with Crippen molar-refractivity contribution in [2.45, 2.75) is 45.8 Å². The summed E-state index contributed by atoms with van der Waals surface area (Å²) in [6, 6.07) is 14.5. The molecule has 9 heteroatoms. The summed E-state index contributed by atoms with van der Waals surface area (Å²) in [5.41, 5.74) is 1.04. The zero-order valence-electron chi connectivity index (χ0n) is 18.8. The summed E-state index contributed by atoms with van der Waals surface area (Å²) in [5.74, 6) is -0.823. The number of nitrogens with zero attached hydrogens (tertiary/aromatic N) is 2. The molecule has 0 spiro atoms. The van der Waals surface area contributed by atoms with E-state index in [4.69, 9.17) is 11.6 Å². The summed E-state index contributed by atoms with van der Waals surface area (Å²) in [4.78, 5) is 27.6. The van der Waals surface area contributed by atoms with Gasteiger partial charge in [0.15, 0.2) is 0 Å². The van der Waals surface area contributed by atoms with Crippen LogP contribution in [-0.2, 0) is 26.2 Å². The zero-order chi connectivity index (χ0) is 23.9. The highest BCUT2D eigenvalue weighted by Gasteiger charge is 2.30. The summed E-state index contributed by atoms with van der Waals surface area (Å²) in [6.07, 6.45) is 1.79. The number of rotatable bonds is 10. The third-order valence-corrected chi connectivity index (χ3v) is 6.70. The molecule has 2 aromatic carbocycles. The van der Waals surface area contributed by atoms with Gasteiger partial charge in [0.25, 0.3) is 0 Å². The molecule has 2 atom stereocenters. The normalized spacial score (nSPS) is 13.2. The fourth-order valence-electron chi connectivity index (χ4n) is 3.07. The van der Waals surface area contributed by atoms with Crippen LogP contribution in [0.2, 0.25) is 5.02 Å². The molecular weight excluding hydrogens is 450 g/mol. The molecule has 0 unspecified atom stereocenters. The Kier molecular flexibility index (Phi) is 9.09. The van der Waals surface area contributed by atoms with Gasteiger partial charge in [-0.3, -0.25) is 13.9 Å². The fraction of sp³-hybridized carbons (Fsp3) is 0.391. The first kappa shape index (κ1) is 25.7. The van der Waals surface area contributed by atoms with Crippen LogP contribution in [-0.4, -0.2) is 50.0 Å². The molecule has 32 heavy (non-hydrogen) atoms. The second kappa shape index (κ2) is 11.3. The second-order valence-electron chi connectivity index (χ2n) is 7.71. The van der Waals surface area contributed by atoms with Gasteiger partial charge >= 0.3 is 0 Å². The molecule has 2 aromatic rings. The largest absolute Gasteiger partial charge is 0.352 e. The Balaban J connectivity index is 2.37. The Bertz CT molecular complexity index is 1030. The lowest BCUT2D eigenvalue weighted by atomic mass is 10.1. The molecule has 0 aliphatic carbocycles. The maximum absolute atomic E-state index is 13.4. The Morgan fingerprint density at radius 3 is 2.19 bits per heavy atom. The molecule has 0 saturated heterocycles. The summed E-state index contributed by atoms with van der Waals surface area (Å²) < 4.78 is 25.9. The van der Waals surface area contributed by atoms with E-state index in [1.54, 1.807) is 61.5 Å². The number of carbonyl (C=O) groups is 2. The van der Waals surface area contributed by atoms with E-state index in [0.29, 0.717) is 16.3 Å². The summed E-state index contributed by atoms with van der Waals surface area (Å²) in [6.45, 7) is 5.09. The number of halogens is 1. The van der Waals surface area contributed by atoms with Crippen LogP contribution in [0, 0.1) is 0 Å². The highest BCUT2D eigenvalue weighted by molar-refractivity contribution is 7.92. The zero-order valence-corrected chi connectivity index (χ0v) is 20.4. The number of amides is 2. The lowest BCUT2D eigenvalue weighted by molar-refractivity contribution is -0.139. The standard InChI is InChI=1S/C23H30ClN3O4S/c1-5-17(2)25-23(29)18(3)26(15-19-11-9-10-14-21(19)24)22(28)16-27(32(4,30)31)20-12-7-6-8-13-20/h6-14,17-18H,5,15-16H2,1-4H3,(H,25,29)/t17-,18+/m1/s1. The van der Waals surface area contributed by atoms with Crippen molar-refractivity contribution in [3.63, 3.8) is 0 Å². The van der Waals surface area contributed by atoms with E-state index in [0.717, 1.165) is 17.0 Å². The van der Waals surface area contributed by atoms with E-state index in [2.05, 4.69) is 5.32 Å². The van der Waals surface area contributed by atoms with Gasteiger partial charge in [-0.05, 0) is 44.0 Å². The molecular formula is C23H30ClN3O4S. The lowest BCUT2D eigenvalue weighted by Crippen LogP contribution is -2.52. The van der Waals surface area contributed by atoms with Crippen molar-refractivity contribution in [2.75, 3.05) is 17.1 Å². The summed E-state index contributed by atoms with van der Waals surface area (Å²) in [7, 11) is -3.74. The quantitative estimate of drug-likeness (QED) is 0.565. The molecule has 0 radical (unpaired) electrons. The third-order valence-electron chi connectivity index (χ3n) is 5.19. The number of hydrogen-bond acceptors (Lipinski definition) is 4. The lowest BCUT2D eigenvalue weighted by Gasteiger charge is -2.32. The number of anilines is 1. The van der Waals surface area contributed by atoms with Gasteiger partial charge in [0.1, 0.15) is 12.6 Å². The van der Waals surface area contributed by atoms with Crippen molar-refractivity contribution in [3.05, 3.63) is 65.2 Å². The maximum Gasteiger partial charge on any atom is 0.244 e. The minimum atomic E-state index is -3.74. The highest BCUT2D eigenvalue weighted by atomic mass is 35.5. The van der Waals surface area contributed by atoms with Gasteiger partial charge in [-0.2, -0.15) is 0 Å². The number of sulfonamides is 1. The molecule has 1 N–H and O–H groups in total. The first-order valence-electron chi connectivity index (χ1n) is 10.4. The SMILES string of the molecule is CC[C@@H](C)NC(=O)[C@H](C)N(Cc1ccccc1Cl)C(=O)CN(c1ccccc1)S(C)(=O)=O. The van der Waals surface area contributed by atoms with Crippen LogP contribution >= 0.6 is 11.6 Å². The van der Waals surface area contributed by atoms with Crippen LogP contribution in [0.1, 0.15) is 32.8 Å². The number of para-hydroxylation sites is 1. The fourth-order valence-corrected chi connectivity index (χ4v) is 4.11. The van der Waals surface area contributed by atoms with Gasteiger partial charge in [-0.1, -0.05) is 54.9 Å². The summed E-state index contributed by atoms with van der Waals surface area (Å²) in [5, 5.41) is 3.34. The van der Waals surface area contributed by atoms with Gasteiger partial charge in [0.2, 0.25) is 21.8 Å². The Morgan fingerprint density at radius 1 is 1.03 bits per heavy atom. The van der Waals surface area contributed by atoms with Crippen LogP contribution in [0.25, 0.3) is 0 Å². The first-order chi connectivity index (χ1) is 15.0. The number of nitrogens with one attached hydrogen (secondary N) is 1. The van der Waals surface area contributed by atoms with Crippen molar-refractivity contribution in [3.8, 4) is 0 Å². The predicted molar refractivity (Wildman–Crippen MR) is 128 cm³/mol. The average Bonchev–Trinajstić information content (AvgIpc) is 2.75. The molecule has 174 valence electrons. The van der Waals surface area contributed by atoms with E-state index in [-0.39, 0.29) is 18.5 Å². The van der Waals surface area contributed by atoms with Crippen molar-refractivity contribution in [1.82, 2.24) is 10.2 Å². The molecule has 0 aromatic heterocycles. The maximum atomic E-state index is 13.4. The van der Waals surface area contributed by atoms with Gasteiger partial charge in [-0.15, -0.1) is 0 Å². The van der Waals surface area contributed by atoms with Crippen molar-refractivity contribution >= 4 is 39.1 Å². The monoisotopic (exact) mass is 479 g/mol. The van der Waals surface area contributed by atoms with Crippen LogP contribution in [0.5, 0.6) is 0 Å². The molecule has 0 bridgehead atoms. The highest BCUT2D eigenvalue weighted by Crippen LogP contribution is 2.21. The summed E-state index contributed by atoms with van der Waals surface area (Å²) >= 11 is 6.29. The molecule has 0 fully saturated rings. The van der Waals surface area contributed by atoms with E-state index in [1.165, 1.54) is 4.90 Å². The van der Waals surface area contributed by atoms with Crippen LogP contribution in [0.3, 0.4) is 0 Å². The Labute approximate surface area is 195 Å². The van der Waals surface area contributed by atoms with Crippen LogP contribution in [0.15, 0.2) is 54.6 Å². The molecule has 0 heterocycles. The van der Waals surface area contributed by atoms with Gasteiger partial charge in [0, 0.05) is 17.6 Å². The molecule has 2 rings (SSSR count). The average molecular weight is 480 g/mol. The Hall–Kier alpha value is -2.58. The molecule has 0 aliphatic rings. The topological polar surface area (TPSA) is 86.8 Å². The van der Waals surface area contributed by atoms with Gasteiger partial charge in [-0.25, -0.2) is 8.42 Å². The minimum absolute atomic E-state index is 0.0564. The van der Waals surface area contributed by atoms with Gasteiger partial charge in [0.05, 0.1) is 11.9 Å². The molecule has 2 amide bonds. The number of benzene rings is 2. The van der Waals surface area contributed by atoms with E-state index in [9.17, 15) is 18.0 Å².